The van der Waals surface area contributed by atoms with Crippen LogP contribution in [0.1, 0.15) is 57.7 Å². The molecule has 1 unspecified atom stereocenters. The number of nitrogens with zero attached hydrogens (tertiary/aromatic N) is 2. The van der Waals surface area contributed by atoms with Gasteiger partial charge in [-0.1, -0.05) is 32.9 Å². The Labute approximate surface area is 150 Å². The molecule has 1 fully saturated rings. The molecule has 5 nitrogen and oxygen atoms in total. The normalized spacial score (nSPS) is 16.8. The smallest absolute Gasteiger partial charge is 0.227 e. The number of nitriles is 1. The van der Waals surface area contributed by atoms with Crippen molar-refractivity contribution < 1.29 is 9.59 Å². The summed E-state index contributed by atoms with van der Waals surface area (Å²) < 4.78 is 0. The molecule has 2 amide bonds. The van der Waals surface area contributed by atoms with Crippen molar-refractivity contribution in [2.75, 3.05) is 13.1 Å². The molecule has 1 heterocycles. The van der Waals surface area contributed by atoms with Gasteiger partial charge in [-0.2, -0.15) is 5.26 Å². The molecule has 2 rings (SSSR count). The van der Waals surface area contributed by atoms with Crippen LogP contribution in [0, 0.1) is 22.7 Å². The van der Waals surface area contributed by atoms with Gasteiger partial charge in [0.1, 0.15) is 0 Å². The molecule has 1 aliphatic heterocycles. The summed E-state index contributed by atoms with van der Waals surface area (Å²) in [6.45, 7) is 8.99. The molecule has 0 bridgehead atoms. The van der Waals surface area contributed by atoms with Gasteiger partial charge < -0.3 is 10.2 Å². The molecule has 1 aromatic rings. The van der Waals surface area contributed by atoms with E-state index in [2.05, 4.69) is 11.4 Å². The number of likely N-dealkylation sites (tertiary alicyclic amines) is 1. The highest BCUT2D eigenvalue weighted by molar-refractivity contribution is 5.82. The van der Waals surface area contributed by atoms with Crippen LogP contribution in [0.5, 0.6) is 0 Å². The van der Waals surface area contributed by atoms with Gasteiger partial charge in [0, 0.05) is 24.4 Å². The Morgan fingerprint density at radius 1 is 1.20 bits per heavy atom. The molecular formula is C20H27N3O2. The van der Waals surface area contributed by atoms with E-state index in [-0.39, 0.29) is 29.2 Å². The van der Waals surface area contributed by atoms with Crippen LogP contribution in [0.3, 0.4) is 0 Å². The lowest BCUT2D eigenvalue weighted by molar-refractivity contribution is -0.142. The van der Waals surface area contributed by atoms with Crippen LogP contribution in [-0.2, 0) is 9.59 Å². The fourth-order valence-corrected chi connectivity index (χ4v) is 3.08. The Bertz CT molecular complexity index is 660. The van der Waals surface area contributed by atoms with Crippen LogP contribution < -0.4 is 5.32 Å². The van der Waals surface area contributed by atoms with Crippen molar-refractivity contribution >= 4 is 11.8 Å². The summed E-state index contributed by atoms with van der Waals surface area (Å²) in [6, 6.07) is 9.24. The van der Waals surface area contributed by atoms with Crippen molar-refractivity contribution in [3.05, 3.63) is 35.4 Å². The van der Waals surface area contributed by atoms with Crippen molar-refractivity contribution in [3.63, 3.8) is 0 Å². The average molecular weight is 341 g/mol. The van der Waals surface area contributed by atoms with E-state index in [0.717, 1.165) is 5.56 Å². The second-order valence-electron chi connectivity index (χ2n) is 7.78. The second-order valence-corrected chi connectivity index (χ2v) is 7.78. The maximum atomic E-state index is 12.5. The number of amides is 2. The third kappa shape index (κ3) is 4.82. The van der Waals surface area contributed by atoms with Crippen LogP contribution in [-0.4, -0.2) is 29.8 Å². The maximum Gasteiger partial charge on any atom is 0.227 e. The van der Waals surface area contributed by atoms with E-state index < -0.39 is 0 Å². The van der Waals surface area contributed by atoms with Gasteiger partial charge in [-0.25, -0.2) is 0 Å². The van der Waals surface area contributed by atoms with Crippen molar-refractivity contribution in [2.45, 2.75) is 46.6 Å². The fourth-order valence-electron chi connectivity index (χ4n) is 3.08. The summed E-state index contributed by atoms with van der Waals surface area (Å²) in [7, 11) is 0. The molecule has 0 aromatic heterocycles. The molecule has 1 aliphatic rings. The Morgan fingerprint density at radius 2 is 1.76 bits per heavy atom. The largest absolute Gasteiger partial charge is 0.349 e. The van der Waals surface area contributed by atoms with E-state index in [4.69, 9.17) is 5.26 Å². The van der Waals surface area contributed by atoms with Crippen molar-refractivity contribution in [1.29, 1.82) is 5.26 Å². The van der Waals surface area contributed by atoms with Gasteiger partial charge in [0.2, 0.25) is 11.8 Å². The molecule has 5 heteroatoms. The van der Waals surface area contributed by atoms with Gasteiger partial charge in [-0.15, -0.1) is 0 Å². The monoisotopic (exact) mass is 341 g/mol. The molecule has 0 spiro atoms. The van der Waals surface area contributed by atoms with E-state index in [1.54, 1.807) is 12.1 Å². The number of rotatable bonds is 3. The quantitative estimate of drug-likeness (QED) is 0.918. The van der Waals surface area contributed by atoms with Crippen LogP contribution in [0.2, 0.25) is 0 Å². The SMILES string of the molecule is CC(NC(=O)C1CCN(C(=O)C(C)(C)C)CC1)c1ccc(C#N)cc1. The highest BCUT2D eigenvalue weighted by Crippen LogP contribution is 2.24. The Hall–Kier alpha value is -2.35. The topological polar surface area (TPSA) is 73.2 Å². The summed E-state index contributed by atoms with van der Waals surface area (Å²) in [5, 5.41) is 11.9. The lowest BCUT2D eigenvalue weighted by Crippen LogP contribution is -2.46. The molecule has 0 saturated carbocycles. The molecule has 1 aromatic carbocycles. The van der Waals surface area contributed by atoms with Gasteiger partial charge in [0.15, 0.2) is 0 Å². The van der Waals surface area contributed by atoms with Crippen molar-refractivity contribution in [1.82, 2.24) is 10.2 Å². The number of nitrogens with one attached hydrogen (secondary N) is 1. The van der Waals surface area contributed by atoms with Crippen LogP contribution in [0.25, 0.3) is 0 Å². The number of piperidine rings is 1. The fraction of sp³-hybridized carbons (Fsp3) is 0.550. The molecule has 1 atom stereocenters. The summed E-state index contributed by atoms with van der Waals surface area (Å²) in [5.74, 6) is 0.141. The van der Waals surface area contributed by atoms with Gasteiger partial charge in [-0.05, 0) is 37.5 Å². The standard InChI is InChI=1S/C20H27N3O2/c1-14(16-7-5-15(13-21)6-8-16)22-18(24)17-9-11-23(12-10-17)19(25)20(2,3)4/h5-8,14,17H,9-12H2,1-4H3,(H,22,24). The van der Waals surface area contributed by atoms with E-state index in [9.17, 15) is 9.59 Å². The summed E-state index contributed by atoms with van der Waals surface area (Å²) in [5.41, 5.74) is 1.21. The van der Waals surface area contributed by atoms with E-state index in [1.165, 1.54) is 0 Å². The first-order valence-electron chi connectivity index (χ1n) is 8.82. The summed E-state index contributed by atoms with van der Waals surface area (Å²) in [4.78, 5) is 26.7. The third-order valence-electron chi connectivity index (χ3n) is 4.69. The zero-order chi connectivity index (χ0) is 18.6. The Kier molecular flexibility index (Phi) is 5.84. The molecule has 0 radical (unpaired) electrons. The van der Waals surface area contributed by atoms with Gasteiger partial charge in [0.25, 0.3) is 0 Å². The second kappa shape index (κ2) is 7.69. The lowest BCUT2D eigenvalue weighted by Gasteiger charge is -2.35. The average Bonchev–Trinajstić information content (AvgIpc) is 2.60. The predicted molar refractivity (Wildman–Crippen MR) is 96.5 cm³/mol. The van der Waals surface area contributed by atoms with Gasteiger partial charge >= 0.3 is 0 Å². The lowest BCUT2D eigenvalue weighted by atomic mass is 9.90. The minimum absolute atomic E-state index is 0.0414. The summed E-state index contributed by atoms with van der Waals surface area (Å²) in [6.07, 6.45) is 1.40. The zero-order valence-electron chi connectivity index (χ0n) is 15.5. The summed E-state index contributed by atoms with van der Waals surface area (Å²) >= 11 is 0. The van der Waals surface area contributed by atoms with Crippen LogP contribution >= 0.6 is 0 Å². The van der Waals surface area contributed by atoms with E-state index >= 15 is 0 Å². The number of benzene rings is 1. The zero-order valence-corrected chi connectivity index (χ0v) is 15.5. The molecule has 0 aliphatic carbocycles. The van der Waals surface area contributed by atoms with E-state index in [0.29, 0.717) is 31.5 Å². The highest BCUT2D eigenvalue weighted by Gasteiger charge is 2.32. The van der Waals surface area contributed by atoms with Crippen molar-refractivity contribution in [3.8, 4) is 6.07 Å². The Morgan fingerprint density at radius 3 is 2.24 bits per heavy atom. The number of carbonyl (C=O) groups is 2. The van der Waals surface area contributed by atoms with Gasteiger partial charge in [0.05, 0.1) is 17.7 Å². The Balaban J connectivity index is 1.88. The van der Waals surface area contributed by atoms with Crippen LogP contribution in [0.15, 0.2) is 24.3 Å². The number of hydrogen-bond acceptors (Lipinski definition) is 3. The predicted octanol–water partition coefficient (Wildman–Crippen LogP) is 3.02. The van der Waals surface area contributed by atoms with Crippen LogP contribution in [0.4, 0.5) is 0 Å². The number of hydrogen-bond donors (Lipinski definition) is 1. The minimum atomic E-state index is -0.376. The molecule has 25 heavy (non-hydrogen) atoms. The molecule has 134 valence electrons. The minimum Gasteiger partial charge on any atom is -0.349 e. The first-order valence-corrected chi connectivity index (χ1v) is 8.82. The molecule has 1 N–H and O–H groups in total. The van der Waals surface area contributed by atoms with Crippen molar-refractivity contribution in [2.24, 2.45) is 11.3 Å². The molecular weight excluding hydrogens is 314 g/mol. The number of carbonyl (C=O) groups excluding carboxylic acids is 2. The first kappa shape index (κ1) is 19.0. The van der Waals surface area contributed by atoms with E-state index in [1.807, 2.05) is 44.7 Å². The maximum absolute atomic E-state index is 12.5. The first-order chi connectivity index (χ1) is 11.7. The molecule has 1 saturated heterocycles. The van der Waals surface area contributed by atoms with Gasteiger partial charge in [-0.3, -0.25) is 9.59 Å². The third-order valence-corrected chi connectivity index (χ3v) is 4.69. The highest BCUT2D eigenvalue weighted by atomic mass is 16.2.